The van der Waals surface area contributed by atoms with Crippen molar-refractivity contribution in [3.05, 3.63) is 47.7 Å². The molecule has 1 aliphatic rings. The van der Waals surface area contributed by atoms with Gasteiger partial charge in [-0.1, -0.05) is 30.3 Å². The molecular weight excluding hydrogens is 218 g/mol. The van der Waals surface area contributed by atoms with Gasteiger partial charge in [-0.15, -0.1) is 0 Å². The molecule has 17 heavy (non-hydrogen) atoms. The van der Waals surface area contributed by atoms with E-state index < -0.39 is 11.7 Å². The molecule has 0 bridgehead atoms. The largest absolute Gasteiger partial charge is 0.320 e. The molecular formula is C12H13N3O2. The Kier molecular flexibility index (Phi) is 2.69. The van der Waals surface area contributed by atoms with Crippen LogP contribution in [-0.2, 0) is 0 Å². The Morgan fingerprint density at radius 1 is 1.29 bits per heavy atom. The predicted octanol–water partition coefficient (Wildman–Crippen LogP) is 0.741. The van der Waals surface area contributed by atoms with Crippen LogP contribution in [0.1, 0.15) is 17.3 Å². The summed E-state index contributed by atoms with van der Waals surface area (Å²) in [7, 11) is 0. The molecule has 5 nitrogen and oxygen atoms in total. The van der Waals surface area contributed by atoms with Gasteiger partial charge in [0.25, 0.3) is 0 Å². The third-order valence-electron chi connectivity index (χ3n) is 2.56. The summed E-state index contributed by atoms with van der Waals surface area (Å²) in [6.45, 7) is 1.58. The van der Waals surface area contributed by atoms with Gasteiger partial charge in [0, 0.05) is 11.8 Å². The van der Waals surface area contributed by atoms with Crippen molar-refractivity contribution in [1.82, 2.24) is 10.6 Å². The van der Waals surface area contributed by atoms with E-state index in [0.29, 0.717) is 11.1 Å². The first-order valence-electron chi connectivity index (χ1n) is 5.18. The van der Waals surface area contributed by atoms with Crippen molar-refractivity contribution in [1.29, 1.82) is 0 Å². The van der Waals surface area contributed by atoms with Crippen LogP contribution in [0.3, 0.4) is 0 Å². The fraction of sp³-hybridized carbons (Fsp3) is 0.167. The maximum atomic E-state index is 12.2. The summed E-state index contributed by atoms with van der Waals surface area (Å²) >= 11 is 0. The number of rotatable bonds is 2. The van der Waals surface area contributed by atoms with Crippen molar-refractivity contribution >= 4 is 11.8 Å². The zero-order valence-electron chi connectivity index (χ0n) is 9.36. The first-order valence-corrected chi connectivity index (χ1v) is 5.18. The molecule has 2 amide bonds. The first-order chi connectivity index (χ1) is 8.00. The van der Waals surface area contributed by atoms with Gasteiger partial charge in [-0.2, -0.15) is 0 Å². The molecule has 88 valence electrons. The van der Waals surface area contributed by atoms with Crippen molar-refractivity contribution in [2.45, 2.75) is 12.6 Å². The summed E-state index contributed by atoms with van der Waals surface area (Å²) < 4.78 is 0. The zero-order chi connectivity index (χ0) is 12.5. The summed E-state index contributed by atoms with van der Waals surface area (Å²) in [5.74, 6) is -0.205. The average Bonchev–Trinajstić information content (AvgIpc) is 2.28. The lowest BCUT2D eigenvalue weighted by atomic mass is 9.93. The minimum atomic E-state index is -1.16. The van der Waals surface area contributed by atoms with E-state index in [1.165, 1.54) is 6.20 Å². The summed E-state index contributed by atoms with van der Waals surface area (Å²) in [6, 6.07) is 8.37. The van der Waals surface area contributed by atoms with E-state index in [0.717, 1.165) is 0 Å². The molecule has 5 heteroatoms. The van der Waals surface area contributed by atoms with Crippen molar-refractivity contribution in [3.8, 4) is 0 Å². The molecule has 0 saturated heterocycles. The topological polar surface area (TPSA) is 84.2 Å². The van der Waals surface area contributed by atoms with Gasteiger partial charge in [0.15, 0.2) is 5.78 Å². The van der Waals surface area contributed by atoms with Crippen LogP contribution in [0.25, 0.3) is 0 Å². The molecule has 0 fully saturated rings. The Bertz CT molecular complexity index is 492. The van der Waals surface area contributed by atoms with E-state index in [4.69, 9.17) is 5.73 Å². The van der Waals surface area contributed by atoms with Crippen molar-refractivity contribution in [2.24, 2.45) is 5.73 Å². The first kappa shape index (κ1) is 11.3. The molecule has 4 N–H and O–H groups in total. The second-order valence-corrected chi connectivity index (χ2v) is 4.05. The van der Waals surface area contributed by atoms with Crippen LogP contribution >= 0.6 is 0 Å². The number of ketones is 1. The highest BCUT2D eigenvalue weighted by atomic mass is 16.2. The number of hydrogen-bond acceptors (Lipinski definition) is 3. The predicted molar refractivity (Wildman–Crippen MR) is 63.1 cm³/mol. The molecule has 1 atom stereocenters. The van der Waals surface area contributed by atoms with Crippen LogP contribution in [0.4, 0.5) is 4.79 Å². The molecule has 1 aromatic rings. The van der Waals surface area contributed by atoms with Gasteiger partial charge in [-0.05, 0) is 6.92 Å². The highest BCUT2D eigenvalue weighted by Crippen LogP contribution is 2.18. The van der Waals surface area contributed by atoms with Crippen LogP contribution in [0.15, 0.2) is 42.1 Å². The molecule has 0 saturated carbocycles. The standard InChI is InChI=1S/C12H13N3O2/c1-12(13)9(7-14-11(17)15-12)10(16)8-5-3-2-4-6-8/h2-7H,13H2,1H3,(H2,14,15,17). The van der Waals surface area contributed by atoms with Gasteiger partial charge >= 0.3 is 6.03 Å². The van der Waals surface area contributed by atoms with Gasteiger partial charge in [0.2, 0.25) is 0 Å². The number of carbonyl (C=O) groups excluding carboxylic acids is 2. The zero-order valence-corrected chi connectivity index (χ0v) is 9.36. The monoisotopic (exact) mass is 231 g/mol. The fourth-order valence-electron chi connectivity index (χ4n) is 1.67. The number of urea groups is 1. The molecule has 2 rings (SSSR count). The molecule has 0 aliphatic carbocycles. The summed E-state index contributed by atoms with van der Waals surface area (Å²) in [6.07, 6.45) is 1.36. The van der Waals surface area contributed by atoms with Gasteiger partial charge in [0.05, 0.1) is 5.57 Å². The van der Waals surface area contributed by atoms with Gasteiger partial charge in [0.1, 0.15) is 5.66 Å². The fourth-order valence-corrected chi connectivity index (χ4v) is 1.67. The lowest BCUT2D eigenvalue weighted by Crippen LogP contribution is -2.61. The quantitative estimate of drug-likeness (QED) is 0.656. The Morgan fingerprint density at radius 3 is 2.53 bits per heavy atom. The SMILES string of the molecule is CC1(N)NC(=O)NC=C1C(=O)c1ccccc1. The molecule has 0 spiro atoms. The minimum absolute atomic E-state index is 0.205. The number of Topliss-reactive ketones (excluding diaryl/α,β-unsaturated/α-hetero) is 1. The van der Waals surface area contributed by atoms with Crippen molar-refractivity contribution in [3.63, 3.8) is 0 Å². The number of benzene rings is 1. The van der Waals surface area contributed by atoms with Crippen molar-refractivity contribution < 1.29 is 9.59 Å². The average molecular weight is 231 g/mol. The van der Waals surface area contributed by atoms with Gasteiger partial charge in [-0.25, -0.2) is 4.79 Å². The van der Waals surface area contributed by atoms with Crippen LogP contribution in [0.5, 0.6) is 0 Å². The molecule has 1 aromatic carbocycles. The lowest BCUT2D eigenvalue weighted by Gasteiger charge is -2.31. The van der Waals surface area contributed by atoms with E-state index in [2.05, 4.69) is 10.6 Å². The second-order valence-electron chi connectivity index (χ2n) is 4.05. The normalized spacial score (nSPS) is 23.4. The Labute approximate surface area is 98.7 Å². The third-order valence-corrected chi connectivity index (χ3v) is 2.56. The highest BCUT2D eigenvalue weighted by molar-refractivity contribution is 6.11. The molecule has 1 unspecified atom stereocenters. The van der Waals surface area contributed by atoms with Gasteiger partial charge in [-0.3, -0.25) is 4.79 Å². The van der Waals surface area contributed by atoms with Crippen LogP contribution in [0, 0.1) is 0 Å². The Hall–Kier alpha value is -2.14. The van der Waals surface area contributed by atoms with E-state index in [1.54, 1.807) is 31.2 Å². The van der Waals surface area contributed by atoms with E-state index >= 15 is 0 Å². The number of amides is 2. The van der Waals surface area contributed by atoms with E-state index in [1.807, 2.05) is 6.07 Å². The van der Waals surface area contributed by atoms with Gasteiger partial charge < -0.3 is 16.4 Å². The number of hydrogen-bond donors (Lipinski definition) is 3. The van der Waals surface area contributed by atoms with E-state index in [-0.39, 0.29) is 5.78 Å². The number of carbonyl (C=O) groups is 2. The molecule has 0 radical (unpaired) electrons. The van der Waals surface area contributed by atoms with Crippen LogP contribution < -0.4 is 16.4 Å². The third kappa shape index (κ3) is 2.19. The Balaban J connectivity index is 2.35. The summed E-state index contributed by atoms with van der Waals surface area (Å²) in [5, 5.41) is 4.92. The lowest BCUT2D eigenvalue weighted by molar-refractivity contribution is 0.101. The Morgan fingerprint density at radius 2 is 1.94 bits per heavy atom. The van der Waals surface area contributed by atoms with Crippen LogP contribution in [-0.4, -0.2) is 17.5 Å². The van der Waals surface area contributed by atoms with Crippen LogP contribution in [0.2, 0.25) is 0 Å². The molecule has 0 aromatic heterocycles. The number of nitrogens with two attached hydrogens (primary N) is 1. The summed E-state index contributed by atoms with van der Waals surface area (Å²) in [4.78, 5) is 23.3. The minimum Gasteiger partial charge on any atom is -0.316 e. The smallest absolute Gasteiger partial charge is 0.316 e. The maximum absolute atomic E-state index is 12.2. The second kappa shape index (κ2) is 4.03. The summed E-state index contributed by atoms with van der Waals surface area (Å²) in [5.41, 5.74) is 5.59. The maximum Gasteiger partial charge on any atom is 0.320 e. The molecule has 1 aliphatic heterocycles. The van der Waals surface area contributed by atoms with Crippen molar-refractivity contribution in [2.75, 3.05) is 0 Å². The molecule has 1 heterocycles. The highest BCUT2D eigenvalue weighted by Gasteiger charge is 2.34. The number of nitrogens with one attached hydrogen (secondary N) is 2. The van der Waals surface area contributed by atoms with E-state index in [9.17, 15) is 9.59 Å².